The highest BCUT2D eigenvalue weighted by molar-refractivity contribution is 7.80. The molecule has 2 rings (SSSR count). The van der Waals surface area contributed by atoms with Crippen LogP contribution in [0.1, 0.15) is 31.4 Å². The number of aryl methyl sites for hydroxylation is 1. The summed E-state index contributed by atoms with van der Waals surface area (Å²) in [6.07, 6.45) is 1.50. The lowest BCUT2D eigenvalue weighted by Crippen LogP contribution is -2.28. The van der Waals surface area contributed by atoms with Crippen molar-refractivity contribution in [2.45, 2.75) is 33.6 Å². The molecule has 3 nitrogen and oxygen atoms in total. The number of benzene rings is 1. The van der Waals surface area contributed by atoms with Gasteiger partial charge in [0.15, 0.2) is 0 Å². The van der Waals surface area contributed by atoms with Crippen molar-refractivity contribution in [1.29, 1.82) is 0 Å². The van der Waals surface area contributed by atoms with Crippen molar-refractivity contribution in [1.82, 2.24) is 0 Å². The molecule has 0 spiro atoms. The monoisotopic (exact) mass is 279 g/mol. The molecule has 4 heteroatoms. The molecule has 0 N–H and O–H groups in total. The van der Waals surface area contributed by atoms with Gasteiger partial charge in [0.05, 0.1) is 0 Å². The summed E-state index contributed by atoms with van der Waals surface area (Å²) in [4.78, 5) is 23.1. The smallest absolute Gasteiger partial charge is 0.227 e. The fourth-order valence-electron chi connectivity index (χ4n) is 1.98. The van der Waals surface area contributed by atoms with Crippen molar-refractivity contribution in [2.75, 3.05) is 17.2 Å². The summed E-state index contributed by atoms with van der Waals surface area (Å²) in [5.74, 6) is 0.977. The Balaban J connectivity index is 0.000000399. The van der Waals surface area contributed by atoms with Crippen LogP contribution in [-0.4, -0.2) is 24.0 Å². The minimum atomic E-state index is 0.167. The molecule has 0 atom stereocenters. The number of nitrogens with zero attached hydrogens (tertiary/aromatic N) is 1. The van der Waals surface area contributed by atoms with E-state index in [1.807, 2.05) is 4.90 Å². The molecule has 0 saturated carbocycles. The maximum Gasteiger partial charge on any atom is 0.227 e. The lowest BCUT2D eigenvalue weighted by Gasteiger charge is -2.17. The zero-order valence-electron chi connectivity index (χ0n) is 11.8. The van der Waals surface area contributed by atoms with Gasteiger partial charge in [0.1, 0.15) is 5.78 Å². The topological polar surface area (TPSA) is 37.4 Å². The number of hydrogen-bond acceptors (Lipinski definition) is 3. The Labute approximate surface area is 120 Å². The first-order valence-corrected chi connectivity index (χ1v) is 7.07. The van der Waals surface area contributed by atoms with Gasteiger partial charge < -0.3 is 9.69 Å². The van der Waals surface area contributed by atoms with Gasteiger partial charge >= 0.3 is 0 Å². The summed E-state index contributed by atoms with van der Waals surface area (Å²) in [6, 6.07) is 6.32. The van der Waals surface area contributed by atoms with Gasteiger partial charge in [-0.05, 0) is 50.1 Å². The highest BCUT2D eigenvalue weighted by atomic mass is 32.1. The second kappa shape index (κ2) is 7.34. The molecule has 0 aliphatic carbocycles. The molecule has 1 aliphatic heterocycles. The third-order valence-electron chi connectivity index (χ3n) is 2.76. The van der Waals surface area contributed by atoms with E-state index >= 15 is 0 Å². The van der Waals surface area contributed by atoms with E-state index in [2.05, 4.69) is 37.8 Å². The third-order valence-corrected chi connectivity index (χ3v) is 2.99. The fraction of sp³-hybridized carbons (Fsp3) is 0.467. The van der Waals surface area contributed by atoms with Gasteiger partial charge in [0.25, 0.3) is 0 Å². The molecule has 1 heterocycles. The summed E-state index contributed by atoms with van der Waals surface area (Å²) in [5, 5.41) is 0. The van der Waals surface area contributed by atoms with Crippen LogP contribution in [0.25, 0.3) is 0 Å². The summed E-state index contributed by atoms with van der Waals surface area (Å²) in [7, 11) is 0. The standard InChI is InChI=1S/C12H15NOS.C3H6O/c1-9-2-3-10-4-6-13(11(10)8-9)12(14)5-7-15;1-3(2)4/h2-3,8,15H,4-7H2,1H3;1-2H3. The van der Waals surface area contributed by atoms with Crippen LogP contribution in [0.5, 0.6) is 0 Å². The van der Waals surface area contributed by atoms with E-state index in [1.54, 1.807) is 0 Å². The first-order valence-electron chi connectivity index (χ1n) is 6.43. The number of thiol groups is 1. The van der Waals surface area contributed by atoms with Crippen molar-refractivity contribution in [3.05, 3.63) is 29.3 Å². The molecule has 1 amide bonds. The molecule has 0 unspecified atom stereocenters. The first kappa shape index (κ1) is 15.8. The number of Topliss-reactive ketones (excluding diaryl/α,β-unsaturated/α-hetero) is 1. The number of anilines is 1. The van der Waals surface area contributed by atoms with Gasteiger partial charge in [-0.15, -0.1) is 0 Å². The molecule has 0 bridgehead atoms. The summed E-state index contributed by atoms with van der Waals surface area (Å²) in [5.41, 5.74) is 3.59. The second-order valence-corrected chi connectivity index (χ2v) is 5.26. The predicted octanol–water partition coefficient (Wildman–Crippen LogP) is 2.80. The summed E-state index contributed by atoms with van der Waals surface area (Å²) in [6.45, 7) is 5.94. The maximum absolute atomic E-state index is 11.8. The van der Waals surface area contributed by atoms with E-state index in [-0.39, 0.29) is 11.7 Å². The summed E-state index contributed by atoms with van der Waals surface area (Å²) >= 11 is 4.10. The number of carbonyl (C=O) groups excluding carboxylic acids is 2. The Morgan fingerprint density at radius 1 is 1.32 bits per heavy atom. The lowest BCUT2D eigenvalue weighted by molar-refractivity contribution is -0.118. The molecule has 0 aromatic heterocycles. The normalized spacial score (nSPS) is 12.5. The average Bonchev–Trinajstić information content (AvgIpc) is 2.71. The van der Waals surface area contributed by atoms with E-state index in [9.17, 15) is 9.59 Å². The van der Waals surface area contributed by atoms with Crippen LogP contribution < -0.4 is 4.90 Å². The third kappa shape index (κ3) is 4.71. The first-order chi connectivity index (χ1) is 8.95. The number of rotatable bonds is 2. The van der Waals surface area contributed by atoms with Crippen molar-refractivity contribution in [3.8, 4) is 0 Å². The van der Waals surface area contributed by atoms with Gasteiger partial charge in [0.2, 0.25) is 5.91 Å². The number of hydrogen-bond donors (Lipinski definition) is 1. The van der Waals surface area contributed by atoms with E-state index in [0.29, 0.717) is 12.2 Å². The number of ketones is 1. The summed E-state index contributed by atoms with van der Waals surface area (Å²) < 4.78 is 0. The maximum atomic E-state index is 11.8. The quantitative estimate of drug-likeness (QED) is 0.845. The van der Waals surface area contributed by atoms with Gasteiger partial charge in [-0.3, -0.25) is 4.79 Å². The number of amides is 1. The van der Waals surface area contributed by atoms with Crippen LogP contribution in [0.2, 0.25) is 0 Å². The SMILES string of the molecule is CC(C)=O.Cc1ccc2c(c1)N(C(=O)CCS)CC2. The Morgan fingerprint density at radius 3 is 2.53 bits per heavy atom. The Bertz CT molecular complexity index is 467. The molecule has 1 aliphatic rings. The van der Waals surface area contributed by atoms with Gasteiger partial charge in [0, 0.05) is 18.7 Å². The minimum Gasteiger partial charge on any atom is -0.312 e. The van der Waals surface area contributed by atoms with Crippen molar-refractivity contribution >= 4 is 30.0 Å². The lowest BCUT2D eigenvalue weighted by atomic mass is 10.1. The number of fused-ring (bicyclic) bond motifs is 1. The van der Waals surface area contributed by atoms with Gasteiger partial charge in [-0.2, -0.15) is 12.6 Å². The highest BCUT2D eigenvalue weighted by Crippen LogP contribution is 2.29. The zero-order chi connectivity index (χ0) is 14.4. The van der Waals surface area contributed by atoms with Gasteiger partial charge in [-0.1, -0.05) is 12.1 Å². The Kier molecular flexibility index (Phi) is 6.09. The second-order valence-electron chi connectivity index (χ2n) is 4.81. The zero-order valence-corrected chi connectivity index (χ0v) is 12.7. The van der Waals surface area contributed by atoms with Crippen LogP contribution in [0, 0.1) is 6.92 Å². The Hall–Kier alpha value is -1.29. The van der Waals surface area contributed by atoms with E-state index in [4.69, 9.17) is 0 Å². The Morgan fingerprint density at radius 2 is 1.95 bits per heavy atom. The molecule has 1 aromatic carbocycles. The highest BCUT2D eigenvalue weighted by Gasteiger charge is 2.23. The predicted molar refractivity (Wildman–Crippen MR) is 82.1 cm³/mol. The largest absolute Gasteiger partial charge is 0.312 e. The van der Waals surface area contributed by atoms with E-state index in [1.165, 1.54) is 25.0 Å². The van der Waals surface area contributed by atoms with E-state index < -0.39 is 0 Å². The van der Waals surface area contributed by atoms with Crippen molar-refractivity contribution < 1.29 is 9.59 Å². The van der Waals surface area contributed by atoms with Crippen LogP contribution in [0.4, 0.5) is 5.69 Å². The van der Waals surface area contributed by atoms with Crippen molar-refractivity contribution in [2.24, 2.45) is 0 Å². The van der Waals surface area contributed by atoms with Crippen LogP contribution in [0.15, 0.2) is 18.2 Å². The van der Waals surface area contributed by atoms with Crippen LogP contribution in [-0.2, 0) is 16.0 Å². The van der Waals surface area contributed by atoms with Gasteiger partial charge in [-0.25, -0.2) is 0 Å². The molecular formula is C15H21NO2S. The van der Waals surface area contributed by atoms with E-state index in [0.717, 1.165) is 18.7 Å². The molecule has 0 fully saturated rings. The molecule has 0 saturated heterocycles. The fourth-order valence-corrected chi connectivity index (χ4v) is 2.17. The molecule has 19 heavy (non-hydrogen) atoms. The molecule has 1 aromatic rings. The molecule has 104 valence electrons. The van der Waals surface area contributed by atoms with Crippen LogP contribution in [0.3, 0.4) is 0 Å². The van der Waals surface area contributed by atoms with Crippen LogP contribution >= 0.6 is 12.6 Å². The minimum absolute atomic E-state index is 0.167. The number of carbonyl (C=O) groups is 2. The molecular weight excluding hydrogens is 258 g/mol. The molecule has 0 radical (unpaired) electrons. The van der Waals surface area contributed by atoms with Crippen molar-refractivity contribution in [3.63, 3.8) is 0 Å². The average molecular weight is 279 g/mol.